The molecular formula is C5H10N2O2. The second kappa shape index (κ2) is 2.68. The molecule has 1 fully saturated rings. The zero-order valence-corrected chi connectivity index (χ0v) is 5.09. The van der Waals surface area contributed by atoms with E-state index >= 15 is 0 Å². The third kappa shape index (κ3) is 1.89. The van der Waals surface area contributed by atoms with Gasteiger partial charge >= 0.3 is 6.09 Å². The van der Waals surface area contributed by atoms with Gasteiger partial charge in [-0.15, -0.1) is 0 Å². The Labute approximate surface area is 53.4 Å². The SMILES string of the molecule is NC(=O)OC1CCNC1. The van der Waals surface area contributed by atoms with Crippen LogP contribution in [0.4, 0.5) is 4.79 Å². The average molecular weight is 130 g/mol. The smallest absolute Gasteiger partial charge is 0.404 e. The minimum atomic E-state index is -0.677. The fourth-order valence-corrected chi connectivity index (χ4v) is 0.893. The molecule has 4 nitrogen and oxygen atoms in total. The first kappa shape index (κ1) is 6.35. The number of nitrogens with one attached hydrogen (secondary N) is 1. The molecule has 0 radical (unpaired) electrons. The molecule has 1 rings (SSSR count). The van der Waals surface area contributed by atoms with Gasteiger partial charge in [0.05, 0.1) is 0 Å². The summed E-state index contributed by atoms with van der Waals surface area (Å²) in [6.45, 7) is 1.65. The van der Waals surface area contributed by atoms with Crippen LogP contribution in [0.2, 0.25) is 0 Å². The van der Waals surface area contributed by atoms with Crippen LogP contribution in [0.15, 0.2) is 0 Å². The zero-order valence-electron chi connectivity index (χ0n) is 5.09. The maximum absolute atomic E-state index is 10.1. The molecule has 0 aromatic carbocycles. The number of carbonyl (C=O) groups excluding carboxylic acids is 1. The van der Waals surface area contributed by atoms with Crippen LogP contribution in [0.3, 0.4) is 0 Å². The Hall–Kier alpha value is -0.770. The Morgan fingerprint density at radius 2 is 2.56 bits per heavy atom. The fraction of sp³-hybridized carbons (Fsp3) is 0.800. The van der Waals surface area contributed by atoms with Crippen LogP contribution in [-0.2, 0) is 4.74 Å². The maximum atomic E-state index is 10.1. The number of primary amides is 1. The van der Waals surface area contributed by atoms with Crippen molar-refractivity contribution in [3.63, 3.8) is 0 Å². The van der Waals surface area contributed by atoms with E-state index in [2.05, 4.69) is 10.1 Å². The number of ether oxygens (including phenoxy) is 1. The number of nitrogens with two attached hydrogens (primary N) is 1. The Morgan fingerprint density at radius 1 is 1.78 bits per heavy atom. The molecule has 0 bridgehead atoms. The summed E-state index contributed by atoms with van der Waals surface area (Å²) >= 11 is 0. The molecule has 1 aliphatic heterocycles. The summed E-state index contributed by atoms with van der Waals surface area (Å²) < 4.78 is 4.69. The maximum Gasteiger partial charge on any atom is 0.404 e. The van der Waals surface area contributed by atoms with Gasteiger partial charge in [0.15, 0.2) is 0 Å². The summed E-state index contributed by atoms with van der Waals surface area (Å²) in [5.74, 6) is 0. The summed E-state index contributed by atoms with van der Waals surface area (Å²) in [7, 11) is 0. The molecule has 52 valence electrons. The molecule has 1 unspecified atom stereocenters. The van der Waals surface area contributed by atoms with Crippen LogP contribution in [0.1, 0.15) is 6.42 Å². The molecular weight excluding hydrogens is 120 g/mol. The van der Waals surface area contributed by atoms with E-state index in [0.29, 0.717) is 0 Å². The van der Waals surface area contributed by atoms with E-state index in [4.69, 9.17) is 5.73 Å². The van der Waals surface area contributed by atoms with Crippen molar-refractivity contribution < 1.29 is 9.53 Å². The van der Waals surface area contributed by atoms with Crippen molar-refractivity contribution in [2.24, 2.45) is 5.73 Å². The highest BCUT2D eigenvalue weighted by Crippen LogP contribution is 2.01. The first-order valence-electron chi connectivity index (χ1n) is 2.96. The predicted octanol–water partition coefficient (Wildman–Crippen LogP) is -0.556. The minimum Gasteiger partial charge on any atom is -0.445 e. The zero-order chi connectivity index (χ0) is 6.69. The van der Waals surface area contributed by atoms with Crippen molar-refractivity contribution in [3.05, 3.63) is 0 Å². The summed E-state index contributed by atoms with van der Waals surface area (Å²) in [6, 6.07) is 0. The molecule has 1 saturated heterocycles. The van der Waals surface area contributed by atoms with E-state index in [9.17, 15) is 4.79 Å². The van der Waals surface area contributed by atoms with Crippen molar-refractivity contribution in [3.8, 4) is 0 Å². The number of amides is 1. The van der Waals surface area contributed by atoms with Gasteiger partial charge in [-0.2, -0.15) is 0 Å². The molecule has 1 amide bonds. The lowest BCUT2D eigenvalue weighted by Crippen LogP contribution is -2.24. The number of hydrogen-bond acceptors (Lipinski definition) is 3. The highest BCUT2D eigenvalue weighted by molar-refractivity contribution is 5.64. The standard InChI is InChI=1S/C5H10N2O2/c6-5(8)9-4-1-2-7-3-4/h4,7H,1-3H2,(H2,6,8). The van der Waals surface area contributed by atoms with Gasteiger partial charge in [-0.3, -0.25) is 0 Å². The molecule has 1 atom stereocenters. The van der Waals surface area contributed by atoms with Crippen LogP contribution in [0.25, 0.3) is 0 Å². The number of hydrogen-bond donors (Lipinski definition) is 2. The van der Waals surface area contributed by atoms with E-state index < -0.39 is 6.09 Å². The van der Waals surface area contributed by atoms with E-state index in [0.717, 1.165) is 19.5 Å². The van der Waals surface area contributed by atoms with Crippen LogP contribution < -0.4 is 11.1 Å². The van der Waals surface area contributed by atoms with Crippen LogP contribution in [0.5, 0.6) is 0 Å². The third-order valence-electron chi connectivity index (χ3n) is 1.30. The Balaban J connectivity index is 2.19. The van der Waals surface area contributed by atoms with Gasteiger partial charge in [-0.25, -0.2) is 4.79 Å². The molecule has 9 heavy (non-hydrogen) atoms. The first-order chi connectivity index (χ1) is 4.29. The van der Waals surface area contributed by atoms with Gasteiger partial charge in [-0.1, -0.05) is 0 Å². The van der Waals surface area contributed by atoms with Crippen molar-refractivity contribution >= 4 is 6.09 Å². The fourth-order valence-electron chi connectivity index (χ4n) is 0.893. The molecule has 1 aliphatic rings. The summed E-state index contributed by atoms with van der Waals surface area (Å²) in [6.07, 6.45) is 0.203. The van der Waals surface area contributed by atoms with Crippen molar-refractivity contribution in [1.29, 1.82) is 0 Å². The van der Waals surface area contributed by atoms with E-state index in [-0.39, 0.29) is 6.10 Å². The number of carbonyl (C=O) groups is 1. The molecule has 1 heterocycles. The van der Waals surface area contributed by atoms with Gasteiger partial charge < -0.3 is 15.8 Å². The lowest BCUT2D eigenvalue weighted by molar-refractivity contribution is 0.117. The van der Waals surface area contributed by atoms with Crippen LogP contribution >= 0.6 is 0 Å². The average Bonchev–Trinajstić information content (AvgIpc) is 2.15. The monoisotopic (exact) mass is 130 g/mol. The van der Waals surface area contributed by atoms with Crippen molar-refractivity contribution in [1.82, 2.24) is 5.32 Å². The van der Waals surface area contributed by atoms with E-state index in [1.807, 2.05) is 0 Å². The van der Waals surface area contributed by atoms with Gasteiger partial charge in [0, 0.05) is 6.54 Å². The van der Waals surface area contributed by atoms with Crippen LogP contribution in [-0.4, -0.2) is 25.3 Å². The van der Waals surface area contributed by atoms with E-state index in [1.165, 1.54) is 0 Å². The molecule has 0 spiro atoms. The summed E-state index contributed by atoms with van der Waals surface area (Å²) in [5, 5.41) is 3.04. The van der Waals surface area contributed by atoms with Gasteiger partial charge in [0.1, 0.15) is 6.10 Å². The second-order valence-corrected chi connectivity index (χ2v) is 2.05. The summed E-state index contributed by atoms with van der Waals surface area (Å²) in [4.78, 5) is 10.1. The third-order valence-corrected chi connectivity index (χ3v) is 1.30. The first-order valence-corrected chi connectivity index (χ1v) is 2.96. The van der Waals surface area contributed by atoms with Crippen molar-refractivity contribution in [2.45, 2.75) is 12.5 Å². The second-order valence-electron chi connectivity index (χ2n) is 2.05. The molecule has 0 saturated carbocycles. The van der Waals surface area contributed by atoms with Gasteiger partial charge in [0.25, 0.3) is 0 Å². The molecule has 3 N–H and O–H groups in total. The Kier molecular flexibility index (Phi) is 1.89. The Bertz CT molecular complexity index is 110. The van der Waals surface area contributed by atoms with Crippen molar-refractivity contribution in [2.75, 3.05) is 13.1 Å². The lowest BCUT2D eigenvalue weighted by Gasteiger charge is -2.05. The lowest BCUT2D eigenvalue weighted by atomic mass is 10.3. The largest absolute Gasteiger partial charge is 0.445 e. The molecule has 4 heteroatoms. The normalized spacial score (nSPS) is 26.0. The molecule has 0 aliphatic carbocycles. The van der Waals surface area contributed by atoms with E-state index in [1.54, 1.807) is 0 Å². The molecule has 0 aromatic heterocycles. The number of rotatable bonds is 1. The highest BCUT2D eigenvalue weighted by Gasteiger charge is 2.16. The quantitative estimate of drug-likeness (QED) is 0.500. The predicted molar refractivity (Wildman–Crippen MR) is 31.9 cm³/mol. The van der Waals surface area contributed by atoms with Gasteiger partial charge in [-0.05, 0) is 13.0 Å². The van der Waals surface area contributed by atoms with Crippen LogP contribution in [0, 0.1) is 0 Å². The minimum absolute atomic E-state index is 0.00231. The summed E-state index contributed by atoms with van der Waals surface area (Å²) in [5.41, 5.74) is 4.78. The van der Waals surface area contributed by atoms with Gasteiger partial charge in [0.2, 0.25) is 0 Å². The highest BCUT2D eigenvalue weighted by atomic mass is 16.6. The topological polar surface area (TPSA) is 64.4 Å². The Morgan fingerprint density at radius 3 is 3.00 bits per heavy atom. The molecule has 0 aromatic rings.